The zero-order chi connectivity index (χ0) is 12.7. The number of nitrogens with zero attached hydrogens (tertiary/aromatic N) is 2. The number of imidazole rings is 1. The Balaban J connectivity index is 2.23. The molecule has 0 amide bonds. The minimum atomic E-state index is 0.177. The number of aryl methyl sites for hydroxylation is 1. The molecule has 0 radical (unpaired) electrons. The van der Waals surface area contributed by atoms with Gasteiger partial charge in [-0.25, -0.2) is 4.98 Å². The van der Waals surface area contributed by atoms with Crippen molar-refractivity contribution < 1.29 is 5.11 Å². The first kappa shape index (κ1) is 11.3. The summed E-state index contributed by atoms with van der Waals surface area (Å²) in [6.07, 6.45) is 1.88. The molecular formula is C14H11BrN2O. The van der Waals surface area contributed by atoms with Crippen molar-refractivity contribution in [1.82, 2.24) is 9.38 Å². The standard InChI is InChI=1S/C14H11BrN2O/c1-9-2-7-12-16-13(14(18)17(12)8-9)10-3-5-11(15)6-4-10/h2-8,18H,1H3. The van der Waals surface area contributed by atoms with Crippen LogP contribution in [0.3, 0.4) is 0 Å². The van der Waals surface area contributed by atoms with Gasteiger partial charge in [0.05, 0.1) is 0 Å². The zero-order valence-corrected chi connectivity index (χ0v) is 11.3. The van der Waals surface area contributed by atoms with Gasteiger partial charge in [0.1, 0.15) is 11.3 Å². The van der Waals surface area contributed by atoms with E-state index in [0.717, 1.165) is 21.2 Å². The molecule has 0 fully saturated rings. The Bertz CT molecular complexity index is 716. The van der Waals surface area contributed by atoms with Gasteiger partial charge in [0.25, 0.3) is 0 Å². The minimum Gasteiger partial charge on any atom is -0.493 e. The monoisotopic (exact) mass is 302 g/mol. The summed E-state index contributed by atoms with van der Waals surface area (Å²) in [7, 11) is 0. The van der Waals surface area contributed by atoms with Crippen molar-refractivity contribution in [2.75, 3.05) is 0 Å². The van der Waals surface area contributed by atoms with E-state index in [0.29, 0.717) is 5.69 Å². The fourth-order valence-electron chi connectivity index (χ4n) is 1.94. The maximum absolute atomic E-state index is 10.2. The summed E-state index contributed by atoms with van der Waals surface area (Å²) in [5, 5.41) is 10.2. The molecule has 0 spiro atoms. The van der Waals surface area contributed by atoms with Crippen LogP contribution < -0.4 is 0 Å². The maximum Gasteiger partial charge on any atom is 0.224 e. The first-order valence-electron chi connectivity index (χ1n) is 5.59. The van der Waals surface area contributed by atoms with E-state index in [1.54, 1.807) is 4.40 Å². The van der Waals surface area contributed by atoms with E-state index in [2.05, 4.69) is 20.9 Å². The van der Waals surface area contributed by atoms with E-state index in [1.165, 1.54) is 0 Å². The van der Waals surface area contributed by atoms with Gasteiger partial charge in [-0.1, -0.05) is 34.1 Å². The molecular weight excluding hydrogens is 292 g/mol. The highest BCUT2D eigenvalue weighted by atomic mass is 79.9. The molecule has 0 aliphatic rings. The van der Waals surface area contributed by atoms with Crippen LogP contribution in [0, 0.1) is 6.92 Å². The van der Waals surface area contributed by atoms with Crippen LogP contribution >= 0.6 is 15.9 Å². The number of hydrogen-bond donors (Lipinski definition) is 1. The molecule has 90 valence electrons. The Morgan fingerprint density at radius 3 is 2.56 bits per heavy atom. The van der Waals surface area contributed by atoms with Crippen molar-refractivity contribution in [2.24, 2.45) is 0 Å². The first-order chi connectivity index (χ1) is 8.65. The molecule has 0 unspecified atom stereocenters. The second kappa shape index (κ2) is 4.14. The molecule has 0 saturated carbocycles. The summed E-state index contributed by atoms with van der Waals surface area (Å²) in [5.41, 5.74) is 3.33. The maximum atomic E-state index is 10.2. The molecule has 3 nitrogen and oxygen atoms in total. The Kier molecular flexibility index (Phi) is 2.59. The van der Waals surface area contributed by atoms with E-state index in [-0.39, 0.29) is 5.88 Å². The quantitative estimate of drug-likeness (QED) is 0.743. The molecule has 1 N–H and O–H groups in total. The lowest BCUT2D eigenvalue weighted by Gasteiger charge is -1.99. The van der Waals surface area contributed by atoms with Crippen molar-refractivity contribution in [3.63, 3.8) is 0 Å². The minimum absolute atomic E-state index is 0.177. The van der Waals surface area contributed by atoms with Crippen LogP contribution in [0.25, 0.3) is 16.9 Å². The molecule has 3 aromatic rings. The summed E-state index contributed by atoms with van der Waals surface area (Å²) in [5.74, 6) is 0.177. The van der Waals surface area contributed by atoms with Crippen LogP contribution in [-0.2, 0) is 0 Å². The van der Waals surface area contributed by atoms with Crippen molar-refractivity contribution in [1.29, 1.82) is 0 Å². The molecule has 2 heterocycles. The summed E-state index contributed by atoms with van der Waals surface area (Å²) >= 11 is 3.39. The van der Waals surface area contributed by atoms with E-state index in [1.807, 2.05) is 49.5 Å². The average molecular weight is 303 g/mol. The molecule has 0 aliphatic carbocycles. The molecule has 0 saturated heterocycles. The van der Waals surface area contributed by atoms with Crippen LogP contribution in [0.15, 0.2) is 47.1 Å². The fourth-order valence-corrected chi connectivity index (χ4v) is 2.20. The predicted octanol–water partition coefficient (Wildman–Crippen LogP) is 3.78. The molecule has 3 rings (SSSR count). The van der Waals surface area contributed by atoms with Crippen molar-refractivity contribution in [2.45, 2.75) is 6.92 Å². The SMILES string of the molecule is Cc1ccc2nc(-c3ccc(Br)cc3)c(O)n2c1. The Hall–Kier alpha value is -1.81. The highest BCUT2D eigenvalue weighted by Gasteiger charge is 2.12. The van der Waals surface area contributed by atoms with Gasteiger partial charge < -0.3 is 5.11 Å². The molecule has 0 atom stereocenters. The van der Waals surface area contributed by atoms with Gasteiger partial charge >= 0.3 is 0 Å². The normalized spacial score (nSPS) is 11.0. The van der Waals surface area contributed by atoms with Gasteiger partial charge in [-0.15, -0.1) is 0 Å². The average Bonchev–Trinajstić information content (AvgIpc) is 2.68. The van der Waals surface area contributed by atoms with E-state index in [9.17, 15) is 5.11 Å². The predicted molar refractivity (Wildman–Crippen MR) is 74.7 cm³/mol. The molecule has 1 aromatic carbocycles. The van der Waals surface area contributed by atoms with Crippen LogP contribution in [0.1, 0.15) is 5.56 Å². The third kappa shape index (κ3) is 1.78. The Labute approximate surface area is 113 Å². The molecule has 4 heteroatoms. The number of aromatic nitrogens is 2. The molecule has 18 heavy (non-hydrogen) atoms. The topological polar surface area (TPSA) is 37.5 Å². The largest absolute Gasteiger partial charge is 0.493 e. The number of rotatable bonds is 1. The van der Waals surface area contributed by atoms with Crippen molar-refractivity contribution in [3.05, 3.63) is 52.6 Å². The zero-order valence-electron chi connectivity index (χ0n) is 9.76. The lowest BCUT2D eigenvalue weighted by atomic mass is 10.2. The third-order valence-corrected chi connectivity index (χ3v) is 3.39. The van der Waals surface area contributed by atoms with Gasteiger partial charge in [-0.05, 0) is 30.7 Å². The number of aromatic hydroxyl groups is 1. The van der Waals surface area contributed by atoms with Crippen LogP contribution in [0.5, 0.6) is 5.88 Å². The van der Waals surface area contributed by atoms with Crippen molar-refractivity contribution >= 4 is 21.6 Å². The number of halogens is 1. The van der Waals surface area contributed by atoms with E-state index >= 15 is 0 Å². The van der Waals surface area contributed by atoms with Crippen LogP contribution in [0.4, 0.5) is 0 Å². The highest BCUT2D eigenvalue weighted by Crippen LogP contribution is 2.30. The lowest BCUT2D eigenvalue weighted by Crippen LogP contribution is -1.84. The summed E-state index contributed by atoms with van der Waals surface area (Å²) < 4.78 is 2.71. The fraction of sp³-hybridized carbons (Fsp3) is 0.0714. The molecule has 0 bridgehead atoms. The summed E-state index contributed by atoms with van der Waals surface area (Å²) in [4.78, 5) is 4.45. The second-order valence-corrected chi connectivity index (χ2v) is 5.14. The number of fused-ring (bicyclic) bond motifs is 1. The third-order valence-electron chi connectivity index (χ3n) is 2.86. The van der Waals surface area contributed by atoms with E-state index in [4.69, 9.17) is 0 Å². The van der Waals surface area contributed by atoms with Gasteiger partial charge in [0.15, 0.2) is 0 Å². The van der Waals surface area contributed by atoms with Gasteiger partial charge in [0, 0.05) is 16.2 Å². The molecule has 0 aliphatic heterocycles. The number of pyridine rings is 1. The molecule has 2 aromatic heterocycles. The Morgan fingerprint density at radius 1 is 1.11 bits per heavy atom. The Morgan fingerprint density at radius 2 is 1.83 bits per heavy atom. The van der Waals surface area contributed by atoms with Gasteiger partial charge in [-0.3, -0.25) is 4.40 Å². The van der Waals surface area contributed by atoms with Crippen LogP contribution in [0.2, 0.25) is 0 Å². The van der Waals surface area contributed by atoms with Gasteiger partial charge in [-0.2, -0.15) is 0 Å². The summed E-state index contributed by atoms with van der Waals surface area (Å²) in [6, 6.07) is 11.6. The smallest absolute Gasteiger partial charge is 0.224 e. The number of hydrogen-bond acceptors (Lipinski definition) is 2. The highest BCUT2D eigenvalue weighted by molar-refractivity contribution is 9.10. The van der Waals surface area contributed by atoms with Crippen LogP contribution in [-0.4, -0.2) is 14.5 Å². The van der Waals surface area contributed by atoms with Gasteiger partial charge in [0.2, 0.25) is 5.88 Å². The van der Waals surface area contributed by atoms with Crippen molar-refractivity contribution in [3.8, 4) is 17.1 Å². The first-order valence-corrected chi connectivity index (χ1v) is 6.38. The lowest BCUT2D eigenvalue weighted by molar-refractivity contribution is 0.450. The van der Waals surface area contributed by atoms with E-state index < -0.39 is 0 Å². The number of benzene rings is 1. The summed E-state index contributed by atoms with van der Waals surface area (Å²) in [6.45, 7) is 1.98. The second-order valence-electron chi connectivity index (χ2n) is 4.23.